The molecule has 0 bridgehead atoms. The number of hydrogen-bond acceptors (Lipinski definition) is 2. The van der Waals surface area contributed by atoms with Crippen molar-refractivity contribution < 1.29 is 8.42 Å². The van der Waals surface area contributed by atoms with Gasteiger partial charge in [-0.15, -0.1) is 0 Å². The molecular formula is C24H52N2O2S. The predicted molar refractivity (Wildman–Crippen MR) is 129 cm³/mol. The Balaban J connectivity index is 4.27. The minimum atomic E-state index is -3.33. The average molecular weight is 433 g/mol. The molecule has 0 spiro atoms. The van der Waals surface area contributed by atoms with Crippen LogP contribution in [-0.4, -0.2) is 32.4 Å². The molecule has 0 fully saturated rings. The summed E-state index contributed by atoms with van der Waals surface area (Å²) >= 11 is 0. The van der Waals surface area contributed by atoms with E-state index in [9.17, 15) is 8.42 Å². The third-order valence-corrected chi connectivity index (χ3v) is 7.29. The number of unbranched alkanes of at least 4 members (excludes halogenated alkanes) is 15. The van der Waals surface area contributed by atoms with Crippen molar-refractivity contribution in [3.8, 4) is 0 Å². The maximum atomic E-state index is 12.8. The summed E-state index contributed by atoms with van der Waals surface area (Å²) in [6.45, 7) is 8.60. The molecule has 0 aromatic heterocycles. The Bertz CT molecular complexity index is 411. The lowest BCUT2D eigenvalue weighted by Crippen LogP contribution is -2.42. The molecule has 0 saturated carbocycles. The first kappa shape index (κ1) is 28.9. The molecule has 0 saturated heterocycles. The molecule has 0 aliphatic carbocycles. The van der Waals surface area contributed by atoms with Gasteiger partial charge < -0.3 is 0 Å². The third kappa shape index (κ3) is 18.4. The molecule has 0 aliphatic heterocycles. The minimum absolute atomic E-state index is 0.581. The van der Waals surface area contributed by atoms with E-state index < -0.39 is 10.2 Å². The van der Waals surface area contributed by atoms with Crippen molar-refractivity contribution >= 4 is 10.2 Å². The van der Waals surface area contributed by atoms with E-state index in [1.165, 1.54) is 77.0 Å². The monoisotopic (exact) mass is 432 g/mol. The van der Waals surface area contributed by atoms with Gasteiger partial charge in [0.05, 0.1) is 0 Å². The third-order valence-electron chi connectivity index (χ3n) is 5.68. The molecule has 5 heteroatoms. The zero-order valence-electron chi connectivity index (χ0n) is 20.0. The van der Waals surface area contributed by atoms with Crippen molar-refractivity contribution in [3.63, 3.8) is 0 Å². The molecule has 4 nitrogen and oxygen atoms in total. The number of nitrogens with one attached hydrogen (secondary N) is 1. The lowest BCUT2D eigenvalue weighted by Gasteiger charge is -2.22. The second-order valence-corrected chi connectivity index (χ2v) is 10.4. The quantitative estimate of drug-likeness (QED) is 0.173. The van der Waals surface area contributed by atoms with E-state index in [-0.39, 0.29) is 0 Å². The van der Waals surface area contributed by atoms with Gasteiger partial charge in [-0.1, -0.05) is 117 Å². The smallest absolute Gasteiger partial charge is 0.202 e. The van der Waals surface area contributed by atoms with Crippen LogP contribution < -0.4 is 4.72 Å². The molecular weight excluding hydrogens is 380 g/mol. The zero-order valence-corrected chi connectivity index (χ0v) is 20.8. The molecule has 0 atom stereocenters. The van der Waals surface area contributed by atoms with Crippen LogP contribution in [0.5, 0.6) is 0 Å². The largest absolute Gasteiger partial charge is 0.279 e. The lowest BCUT2D eigenvalue weighted by atomic mass is 10.1. The van der Waals surface area contributed by atoms with Gasteiger partial charge >= 0.3 is 0 Å². The van der Waals surface area contributed by atoms with Crippen LogP contribution in [0.2, 0.25) is 0 Å². The Morgan fingerprint density at radius 3 is 1.28 bits per heavy atom. The molecule has 0 aromatic carbocycles. The van der Waals surface area contributed by atoms with Crippen LogP contribution in [0.3, 0.4) is 0 Å². The molecule has 0 heterocycles. The fourth-order valence-corrected chi connectivity index (χ4v) is 5.01. The number of nitrogens with zero attached hydrogens (tertiary/aromatic N) is 1. The maximum Gasteiger partial charge on any atom is 0.279 e. The summed E-state index contributed by atoms with van der Waals surface area (Å²) in [4.78, 5) is 0. The molecule has 0 radical (unpaired) electrons. The van der Waals surface area contributed by atoms with Crippen molar-refractivity contribution in [2.24, 2.45) is 0 Å². The highest BCUT2D eigenvalue weighted by atomic mass is 32.2. The lowest BCUT2D eigenvalue weighted by molar-refractivity contribution is 0.377. The van der Waals surface area contributed by atoms with Gasteiger partial charge in [-0.05, 0) is 19.3 Å². The van der Waals surface area contributed by atoms with Crippen LogP contribution in [0.25, 0.3) is 0 Å². The highest BCUT2D eigenvalue weighted by molar-refractivity contribution is 7.87. The highest BCUT2D eigenvalue weighted by Gasteiger charge is 2.20. The summed E-state index contributed by atoms with van der Waals surface area (Å²) in [7, 11) is -3.33. The van der Waals surface area contributed by atoms with E-state index in [2.05, 4.69) is 25.5 Å². The van der Waals surface area contributed by atoms with E-state index in [1.54, 1.807) is 4.31 Å². The molecule has 0 rings (SSSR count). The standard InChI is InChI=1S/C24H52N2O2S/c1-4-7-10-13-16-19-22-25-29(27,28)26(23-20-17-14-11-8-5-2)24-21-18-15-12-9-6-3/h25H,4-24H2,1-3H3. The van der Waals surface area contributed by atoms with E-state index in [4.69, 9.17) is 0 Å². The van der Waals surface area contributed by atoms with Gasteiger partial charge in [-0.2, -0.15) is 12.7 Å². The van der Waals surface area contributed by atoms with Gasteiger partial charge in [0.15, 0.2) is 0 Å². The fraction of sp³-hybridized carbons (Fsp3) is 1.00. The number of rotatable bonds is 23. The van der Waals surface area contributed by atoms with Crippen molar-refractivity contribution in [2.75, 3.05) is 19.6 Å². The summed E-state index contributed by atoms with van der Waals surface area (Å²) in [5.41, 5.74) is 0. The van der Waals surface area contributed by atoms with Crippen LogP contribution >= 0.6 is 0 Å². The van der Waals surface area contributed by atoms with Crippen molar-refractivity contribution in [1.82, 2.24) is 9.03 Å². The van der Waals surface area contributed by atoms with Gasteiger partial charge in [0.2, 0.25) is 0 Å². The van der Waals surface area contributed by atoms with Gasteiger partial charge in [0.1, 0.15) is 0 Å². The predicted octanol–water partition coefficient (Wildman–Crippen LogP) is 7.20. The maximum absolute atomic E-state index is 12.8. The van der Waals surface area contributed by atoms with E-state index in [0.29, 0.717) is 19.6 Å². The number of hydrogen-bond donors (Lipinski definition) is 1. The van der Waals surface area contributed by atoms with E-state index in [0.717, 1.165) is 38.5 Å². The van der Waals surface area contributed by atoms with Crippen molar-refractivity contribution in [1.29, 1.82) is 0 Å². The summed E-state index contributed by atoms with van der Waals surface area (Å²) in [6.07, 6.45) is 21.4. The second kappa shape index (κ2) is 21.1. The normalized spacial score (nSPS) is 12.1. The molecule has 1 N–H and O–H groups in total. The topological polar surface area (TPSA) is 49.4 Å². The first-order valence-corrected chi connectivity index (χ1v) is 14.3. The summed E-state index contributed by atoms with van der Waals surface area (Å²) in [5.74, 6) is 0. The van der Waals surface area contributed by atoms with Crippen molar-refractivity contribution in [2.45, 2.75) is 136 Å². The van der Waals surface area contributed by atoms with E-state index >= 15 is 0 Å². The molecule has 0 aromatic rings. The fourth-order valence-electron chi connectivity index (χ4n) is 3.69. The molecule has 176 valence electrons. The van der Waals surface area contributed by atoms with Gasteiger partial charge in [-0.3, -0.25) is 0 Å². The van der Waals surface area contributed by atoms with Gasteiger partial charge in [0.25, 0.3) is 10.2 Å². The highest BCUT2D eigenvalue weighted by Crippen LogP contribution is 2.11. The first-order valence-electron chi connectivity index (χ1n) is 12.8. The van der Waals surface area contributed by atoms with Gasteiger partial charge in [0, 0.05) is 19.6 Å². The van der Waals surface area contributed by atoms with Gasteiger partial charge in [-0.25, -0.2) is 4.72 Å². The SMILES string of the molecule is CCCCCCCCNS(=O)(=O)N(CCCCCCCC)CCCCCCCC. The van der Waals surface area contributed by atoms with Crippen molar-refractivity contribution in [3.05, 3.63) is 0 Å². The Kier molecular flexibility index (Phi) is 21.0. The second-order valence-electron chi connectivity index (χ2n) is 8.60. The van der Waals surface area contributed by atoms with Crippen LogP contribution in [0, 0.1) is 0 Å². The molecule has 0 aliphatic rings. The van der Waals surface area contributed by atoms with E-state index in [1.807, 2.05) is 0 Å². The Morgan fingerprint density at radius 2 is 0.862 bits per heavy atom. The Hall–Kier alpha value is -0.130. The van der Waals surface area contributed by atoms with Crippen LogP contribution in [0.15, 0.2) is 0 Å². The summed E-state index contributed by atoms with van der Waals surface area (Å²) in [5, 5.41) is 0. The van der Waals surface area contributed by atoms with Crippen LogP contribution in [0.1, 0.15) is 136 Å². The summed E-state index contributed by atoms with van der Waals surface area (Å²) < 4.78 is 30.2. The zero-order chi connectivity index (χ0) is 21.6. The average Bonchev–Trinajstić information content (AvgIpc) is 2.70. The Labute approximate surface area is 183 Å². The molecule has 29 heavy (non-hydrogen) atoms. The summed E-state index contributed by atoms with van der Waals surface area (Å²) in [6, 6.07) is 0. The first-order chi connectivity index (χ1) is 14.1. The molecule has 0 amide bonds. The van der Waals surface area contributed by atoms with Crippen LogP contribution in [-0.2, 0) is 10.2 Å². The molecule has 0 unspecified atom stereocenters. The van der Waals surface area contributed by atoms with Crippen LogP contribution in [0.4, 0.5) is 0 Å². The minimum Gasteiger partial charge on any atom is -0.202 e. The Morgan fingerprint density at radius 1 is 0.517 bits per heavy atom.